The quantitative estimate of drug-likeness (QED) is 0.169. The van der Waals surface area contributed by atoms with Crippen molar-refractivity contribution in [3.05, 3.63) is 133 Å². The number of halogens is 1. The van der Waals surface area contributed by atoms with E-state index in [1.165, 1.54) is 12.1 Å². The SMILES string of the molecule is [2H]c1ccnc(-n2c3[c-]c(Oc4[c-]c(-n5nc(C)c(-c6ccccc6)c5C)ccc4)ccc3c3cc(F)ccc32)c1.[Pt+2]. The van der Waals surface area contributed by atoms with Gasteiger partial charge in [0.1, 0.15) is 11.6 Å². The summed E-state index contributed by atoms with van der Waals surface area (Å²) >= 11 is 0. The van der Waals surface area contributed by atoms with Crippen LogP contribution in [-0.2, 0) is 21.1 Å². The summed E-state index contributed by atoms with van der Waals surface area (Å²) in [6.45, 7) is 4.06. The molecule has 7 rings (SSSR count). The van der Waals surface area contributed by atoms with Gasteiger partial charge in [-0.3, -0.25) is 4.68 Å². The molecule has 0 N–H and O–H groups in total. The molecule has 0 amide bonds. The van der Waals surface area contributed by atoms with Gasteiger partial charge in [0.25, 0.3) is 0 Å². The molecular weight excluding hydrogens is 694 g/mol. The molecule has 3 heterocycles. The second-order valence-electron chi connectivity index (χ2n) is 9.52. The van der Waals surface area contributed by atoms with Crippen molar-refractivity contribution in [1.29, 1.82) is 0 Å². The molecule has 0 unspecified atom stereocenters. The zero-order valence-electron chi connectivity index (χ0n) is 23.1. The molecule has 4 aromatic carbocycles. The molecule has 5 nitrogen and oxygen atoms in total. The molecule has 0 saturated heterocycles. The van der Waals surface area contributed by atoms with Crippen LogP contribution in [0.2, 0.25) is 0 Å². The van der Waals surface area contributed by atoms with Crippen molar-refractivity contribution in [2.45, 2.75) is 13.8 Å². The molecule has 0 aliphatic rings. The van der Waals surface area contributed by atoms with Crippen molar-refractivity contribution >= 4 is 21.8 Å². The van der Waals surface area contributed by atoms with Gasteiger partial charge in [-0.1, -0.05) is 41.9 Å². The zero-order chi connectivity index (χ0) is 28.1. The Morgan fingerprint density at radius 2 is 1.68 bits per heavy atom. The third-order valence-electron chi connectivity index (χ3n) is 6.99. The van der Waals surface area contributed by atoms with Crippen LogP contribution in [0.15, 0.2) is 103 Å². The number of pyridine rings is 1. The van der Waals surface area contributed by atoms with E-state index in [4.69, 9.17) is 11.2 Å². The van der Waals surface area contributed by atoms with Crippen molar-refractivity contribution in [3.8, 4) is 34.1 Å². The minimum Gasteiger partial charge on any atom is -0.509 e. The van der Waals surface area contributed by atoms with Crippen LogP contribution in [0.5, 0.6) is 11.5 Å². The Balaban J connectivity index is 0.00000316. The minimum atomic E-state index is -0.329. The van der Waals surface area contributed by atoms with Crippen LogP contribution in [-0.4, -0.2) is 19.3 Å². The number of hydrogen-bond acceptors (Lipinski definition) is 3. The molecule has 41 heavy (non-hydrogen) atoms. The number of aryl methyl sites for hydroxylation is 1. The fourth-order valence-electron chi connectivity index (χ4n) is 5.27. The standard InChI is InChI=1S/C34H23FN4O.Pt/c1-22-34(24-9-4-3-5-10-24)23(2)39(37-22)26-11-8-12-27(20-26)40-28-15-16-29-30-19-25(35)14-17-31(30)38(32(29)21-28)33-13-6-7-18-36-33;/h3-19H,1-2H3;/q-2;+2/i6D;. The van der Waals surface area contributed by atoms with Crippen molar-refractivity contribution < 1.29 is 31.6 Å². The molecule has 0 bridgehead atoms. The summed E-state index contributed by atoms with van der Waals surface area (Å²) in [5, 5.41) is 6.33. The molecule has 3 aromatic heterocycles. The van der Waals surface area contributed by atoms with E-state index in [0.29, 0.717) is 28.9 Å². The number of hydrogen-bond donors (Lipinski definition) is 0. The van der Waals surface area contributed by atoms with Crippen LogP contribution in [0.3, 0.4) is 0 Å². The van der Waals surface area contributed by atoms with Crippen LogP contribution in [0.4, 0.5) is 4.39 Å². The third kappa shape index (κ3) is 4.75. The summed E-state index contributed by atoms with van der Waals surface area (Å²) in [6, 6.07) is 34.5. The first-order valence-electron chi connectivity index (χ1n) is 13.4. The summed E-state index contributed by atoms with van der Waals surface area (Å²) in [5.41, 5.74) is 6.34. The second-order valence-corrected chi connectivity index (χ2v) is 9.52. The fraction of sp³-hybridized carbons (Fsp3) is 0.0588. The predicted molar refractivity (Wildman–Crippen MR) is 155 cm³/mol. The van der Waals surface area contributed by atoms with E-state index in [-0.39, 0.29) is 26.9 Å². The first-order valence-corrected chi connectivity index (χ1v) is 12.9. The predicted octanol–water partition coefficient (Wildman–Crippen LogP) is 8.18. The average Bonchev–Trinajstić information content (AvgIpc) is 3.46. The monoisotopic (exact) mass is 718 g/mol. The number of ether oxygens (including phenoxy) is 1. The Kier molecular flexibility index (Phi) is 6.69. The summed E-state index contributed by atoms with van der Waals surface area (Å²) in [5.74, 6) is 1.19. The van der Waals surface area contributed by atoms with Gasteiger partial charge in [-0.05, 0) is 60.8 Å². The van der Waals surface area contributed by atoms with E-state index in [0.717, 1.165) is 44.5 Å². The minimum absolute atomic E-state index is 0. The first-order chi connectivity index (χ1) is 20.0. The van der Waals surface area contributed by atoms with E-state index >= 15 is 0 Å². The van der Waals surface area contributed by atoms with Gasteiger partial charge in [0.15, 0.2) is 0 Å². The molecular formula is C34H23FN4OPt. The summed E-state index contributed by atoms with van der Waals surface area (Å²) in [6.07, 6.45) is 1.59. The third-order valence-corrected chi connectivity index (χ3v) is 6.99. The fourth-order valence-corrected chi connectivity index (χ4v) is 5.27. The first kappa shape index (κ1) is 25.4. The molecule has 0 aliphatic carbocycles. The van der Waals surface area contributed by atoms with Gasteiger partial charge >= 0.3 is 21.1 Å². The van der Waals surface area contributed by atoms with Crippen LogP contribution < -0.4 is 4.74 Å². The van der Waals surface area contributed by atoms with Crippen LogP contribution in [0.1, 0.15) is 12.8 Å². The molecule has 7 heteroatoms. The van der Waals surface area contributed by atoms with Crippen molar-refractivity contribution in [3.63, 3.8) is 0 Å². The van der Waals surface area contributed by atoms with Gasteiger partial charge in [0, 0.05) is 34.5 Å². The van der Waals surface area contributed by atoms with Gasteiger partial charge in [0.2, 0.25) is 0 Å². The largest absolute Gasteiger partial charge is 2.00 e. The number of aromatic nitrogens is 4. The summed E-state index contributed by atoms with van der Waals surface area (Å²) < 4.78 is 32.3. The number of nitrogens with zero attached hydrogens (tertiary/aromatic N) is 4. The maximum Gasteiger partial charge on any atom is 2.00 e. The van der Waals surface area contributed by atoms with Gasteiger partial charge in [-0.2, -0.15) is 17.2 Å². The molecule has 0 radical (unpaired) electrons. The molecule has 7 aromatic rings. The number of rotatable bonds is 5. The Morgan fingerprint density at radius 3 is 2.51 bits per heavy atom. The van der Waals surface area contributed by atoms with E-state index in [2.05, 4.69) is 29.2 Å². The Bertz CT molecular complexity index is 2090. The summed E-state index contributed by atoms with van der Waals surface area (Å²) in [4.78, 5) is 4.48. The smallest absolute Gasteiger partial charge is 0.509 e. The van der Waals surface area contributed by atoms with Crippen molar-refractivity contribution in [1.82, 2.24) is 19.3 Å². The van der Waals surface area contributed by atoms with Crippen LogP contribution in [0.25, 0.3) is 44.4 Å². The van der Waals surface area contributed by atoms with E-state index in [1.807, 2.05) is 71.6 Å². The van der Waals surface area contributed by atoms with E-state index < -0.39 is 0 Å². The molecule has 202 valence electrons. The number of fused-ring (bicyclic) bond motifs is 3. The number of benzene rings is 4. The van der Waals surface area contributed by atoms with Crippen molar-refractivity contribution in [2.24, 2.45) is 0 Å². The topological polar surface area (TPSA) is 44.9 Å². The Morgan fingerprint density at radius 1 is 0.854 bits per heavy atom. The Hall–Kier alpha value is -4.54. The van der Waals surface area contributed by atoms with Gasteiger partial charge in [-0.15, -0.1) is 35.7 Å². The average molecular weight is 719 g/mol. The van der Waals surface area contributed by atoms with Gasteiger partial charge in [0.05, 0.1) is 7.06 Å². The zero-order valence-corrected chi connectivity index (χ0v) is 24.4. The molecule has 0 spiro atoms. The maximum atomic E-state index is 14.2. The molecule has 0 atom stereocenters. The molecule has 0 saturated carbocycles. The summed E-state index contributed by atoms with van der Waals surface area (Å²) in [7, 11) is 0. The Labute approximate surface area is 252 Å². The maximum absolute atomic E-state index is 14.2. The van der Waals surface area contributed by atoms with Crippen LogP contribution >= 0.6 is 0 Å². The van der Waals surface area contributed by atoms with Gasteiger partial charge < -0.3 is 9.30 Å². The normalized spacial score (nSPS) is 11.4. The van der Waals surface area contributed by atoms with Crippen molar-refractivity contribution in [2.75, 3.05) is 0 Å². The van der Waals surface area contributed by atoms with Gasteiger partial charge in [-0.25, -0.2) is 9.37 Å². The molecule has 0 fully saturated rings. The molecule has 0 aliphatic heterocycles. The van der Waals surface area contributed by atoms with E-state index in [9.17, 15) is 4.39 Å². The van der Waals surface area contributed by atoms with Crippen LogP contribution in [0, 0.1) is 31.8 Å². The van der Waals surface area contributed by atoms with E-state index in [1.54, 1.807) is 24.4 Å². The second kappa shape index (κ2) is 10.8.